The Hall–Kier alpha value is -1.43. The van der Waals surface area contributed by atoms with E-state index in [4.69, 9.17) is 11.5 Å². The average Bonchev–Trinajstić information content (AvgIpc) is 2.38. The van der Waals surface area contributed by atoms with Crippen LogP contribution in [-0.4, -0.2) is 30.7 Å². The highest BCUT2D eigenvalue weighted by molar-refractivity contribution is 6.36. The largest absolute Gasteiger partial charge is 0.363 e. The molecule has 114 valence electrons. The lowest BCUT2D eigenvalue weighted by molar-refractivity contribution is -0.139. The number of primary amides is 1. The van der Waals surface area contributed by atoms with Crippen LogP contribution >= 0.6 is 0 Å². The maximum atomic E-state index is 11.8. The van der Waals surface area contributed by atoms with E-state index in [0.29, 0.717) is 18.9 Å². The highest BCUT2D eigenvalue weighted by Crippen LogP contribution is 2.33. The fourth-order valence-electron chi connectivity index (χ4n) is 2.50. The Bertz CT molecular complexity index is 354. The number of unbranched alkanes of at least 4 members (excludes halogenated alkanes) is 1. The van der Waals surface area contributed by atoms with Gasteiger partial charge in [0.2, 0.25) is 11.7 Å². The molecule has 0 bridgehead atoms. The first kappa shape index (κ1) is 16.6. The van der Waals surface area contributed by atoms with Crippen molar-refractivity contribution < 1.29 is 14.4 Å². The third-order valence-corrected chi connectivity index (χ3v) is 3.94. The van der Waals surface area contributed by atoms with Crippen LogP contribution in [0.4, 0.5) is 0 Å². The van der Waals surface area contributed by atoms with E-state index in [-0.39, 0.29) is 18.4 Å². The van der Waals surface area contributed by atoms with E-state index in [1.54, 1.807) is 0 Å². The van der Waals surface area contributed by atoms with Crippen molar-refractivity contribution >= 4 is 17.6 Å². The molecule has 1 rings (SSSR count). The topological polar surface area (TPSA) is 115 Å². The standard InChI is InChI=1S/C14H25N3O3/c15-9-12(18)17-7-2-1-6-11(13(19)14(16)20)8-10-4-3-5-10/h10-11H,1-9,15H2,(H2,16,20)(H,17,18). The third-order valence-electron chi connectivity index (χ3n) is 3.94. The summed E-state index contributed by atoms with van der Waals surface area (Å²) in [5, 5.41) is 2.68. The molecule has 1 unspecified atom stereocenters. The quantitative estimate of drug-likeness (QED) is 0.389. The summed E-state index contributed by atoms with van der Waals surface area (Å²) in [5.41, 5.74) is 10.3. The molecule has 20 heavy (non-hydrogen) atoms. The van der Waals surface area contributed by atoms with Crippen LogP contribution in [0.1, 0.15) is 44.9 Å². The van der Waals surface area contributed by atoms with Crippen LogP contribution in [0.2, 0.25) is 0 Å². The smallest absolute Gasteiger partial charge is 0.285 e. The van der Waals surface area contributed by atoms with Crippen molar-refractivity contribution in [3.63, 3.8) is 0 Å². The van der Waals surface area contributed by atoms with E-state index < -0.39 is 11.7 Å². The summed E-state index contributed by atoms with van der Waals surface area (Å²) in [4.78, 5) is 33.8. The zero-order valence-electron chi connectivity index (χ0n) is 11.9. The molecule has 6 nitrogen and oxygen atoms in total. The van der Waals surface area contributed by atoms with Crippen LogP contribution < -0.4 is 16.8 Å². The number of rotatable bonds is 10. The van der Waals surface area contributed by atoms with Crippen molar-refractivity contribution in [2.75, 3.05) is 13.1 Å². The molecule has 0 aliphatic heterocycles. The van der Waals surface area contributed by atoms with Gasteiger partial charge in [0.15, 0.2) is 0 Å². The van der Waals surface area contributed by atoms with Crippen LogP contribution in [0, 0.1) is 11.8 Å². The van der Waals surface area contributed by atoms with Gasteiger partial charge in [0.25, 0.3) is 5.91 Å². The fraction of sp³-hybridized carbons (Fsp3) is 0.786. The van der Waals surface area contributed by atoms with Crippen LogP contribution in [0.25, 0.3) is 0 Å². The predicted octanol–water partition coefficient (Wildman–Crippen LogP) is 0.0924. The molecule has 0 radical (unpaired) electrons. The third kappa shape index (κ3) is 5.69. The van der Waals surface area contributed by atoms with E-state index in [9.17, 15) is 14.4 Å². The first-order chi connectivity index (χ1) is 9.54. The van der Waals surface area contributed by atoms with Gasteiger partial charge < -0.3 is 16.8 Å². The number of ketones is 1. The van der Waals surface area contributed by atoms with Crippen LogP contribution in [0.3, 0.4) is 0 Å². The summed E-state index contributed by atoms with van der Waals surface area (Å²) in [7, 11) is 0. The maximum absolute atomic E-state index is 11.8. The molecule has 0 spiro atoms. The Kier molecular flexibility index (Phi) is 7.22. The van der Waals surface area contributed by atoms with Crippen LogP contribution in [-0.2, 0) is 14.4 Å². The molecule has 1 fully saturated rings. The van der Waals surface area contributed by atoms with E-state index in [0.717, 1.165) is 32.1 Å². The lowest BCUT2D eigenvalue weighted by atomic mass is 9.76. The zero-order valence-corrected chi connectivity index (χ0v) is 11.9. The summed E-state index contributed by atoms with van der Waals surface area (Å²) in [6.07, 6.45) is 6.52. The minimum atomic E-state index is -0.828. The van der Waals surface area contributed by atoms with E-state index in [1.165, 1.54) is 6.42 Å². The predicted molar refractivity (Wildman–Crippen MR) is 75.6 cm³/mol. The van der Waals surface area contributed by atoms with Gasteiger partial charge in [-0.15, -0.1) is 0 Å². The average molecular weight is 283 g/mol. The Morgan fingerprint density at radius 2 is 1.90 bits per heavy atom. The molecule has 0 aromatic carbocycles. The fourth-order valence-corrected chi connectivity index (χ4v) is 2.50. The summed E-state index contributed by atoms with van der Waals surface area (Å²) in [6.45, 7) is 0.543. The van der Waals surface area contributed by atoms with Crippen molar-refractivity contribution in [1.29, 1.82) is 0 Å². The highest BCUT2D eigenvalue weighted by atomic mass is 16.2. The molecule has 2 amide bonds. The Morgan fingerprint density at radius 3 is 2.40 bits per heavy atom. The number of carbonyl (C=O) groups is 3. The van der Waals surface area contributed by atoms with Crippen molar-refractivity contribution in [2.24, 2.45) is 23.3 Å². The second-order valence-corrected chi connectivity index (χ2v) is 5.51. The molecule has 1 saturated carbocycles. The molecular weight excluding hydrogens is 258 g/mol. The van der Waals surface area contributed by atoms with Crippen molar-refractivity contribution in [1.82, 2.24) is 5.32 Å². The normalized spacial score (nSPS) is 16.2. The first-order valence-electron chi connectivity index (χ1n) is 7.35. The number of nitrogens with one attached hydrogen (secondary N) is 1. The number of hydrogen-bond acceptors (Lipinski definition) is 4. The number of nitrogens with two attached hydrogens (primary N) is 2. The van der Waals surface area contributed by atoms with Gasteiger partial charge in [0.1, 0.15) is 0 Å². The van der Waals surface area contributed by atoms with Gasteiger partial charge in [-0.05, 0) is 25.2 Å². The number of carbonyl (C=O) groups excluding carboxylic acids is 3. The summed E-state index contributed by atoms with van der Waals surface area (Å²) >= 11 is 0. The molecule has 0 heterocycles. The molecule has 1 aliphatic carbocycles. The number of Topliss-reactive ketones (excluding diaryl/α,β-unsaturated/α-hetero) is 1. The second-order valence-electron chi connectivity index (χ2n) is 5.51. The monoisotopic (exact) mass is 283 g/mol. The minimum absolute atomic E-state index is 0.00946. The molecule has 1 aliphatic rings. The Balaban J connectivity index is 2.27. The summed E-state index contributed by atoms with van der Waals surface area (Å²) < 4.78 is 0. The molecule has 0 aromatic heterocycles. The SMILES string of the molecule is NCC(=O)NCCCCC(CC1CCC1)C(=O)C(N)=O. The first-order valence-corrected chi connectivity index (χ1v) is 7.35. The van der Waals surface area contributed by atoms with Gasteiger partial charge in [0, 0.05) is 12.5 Å². The summed E-state index contributed by atoms with van der Waals surface area (Å²) in [5.74, 6) is -1.12. The lowest BCUT2D eigenvalue weighted by Crippen LogP contribution is -2.33. The molecule has 6 heteroatoms. The maximum Gasteiger partial charge on any atom is 0.285 e. The minimum Gasteiger partial charge on any atom is -0.363 e. The Labute approximate surface area is 119 Å². The lowest BCUT2D eigenvalue weighted by Gasteiger charge is -2.28. The van der Waals surface area contributed by atoms with Gasteiger partial charge in [0.05, 0.1) is 6.54 Å². The van der Waals surface area contributed by atoms with Gasteiger partial charge in [-0.3, -0.25) is 14.4 Å². The summed E-state index contributed by atoms with van der Waals surface area (Å²) in [6, 6.07) is 0. The molecule has 0 aromatic rings. The van der Waals surface area contributed by atoms with E-state index in [2.05, 4.69) is 5.32 Å². The van der Waals surface area contributed by atoms with Crippen molar-refractivity contribution in [3.05, 3.63) is 0 Å². The second kappa shape index (κ2) is 8.68. The van der Waals surface area contributed by atoms with Crippen LogP contribution in [0.15, 0.2) is 0 Å². The van der Waals surface area contributed by atoms with Gasteiger partial charge in [-0.2, -0.15) is 0 Å². The molecule has 1 atom stereocenters. The van der Waals surface area contributed by atoms with Gasteiger partial charge in [-0.25, -0.2) is 0 Å². The molecule has 0 saturated heterocycles. The van der Waals surface area contributed by atoms with Crippen molar-refractivity contribution in [2.45, 2.75) is 44.9 Å². The molecule has 5 N–H and O–H groups in total. The zero-order chi connectivity index (χ0) is 15.0. The van der Waals surface area contributed by atoms with Gasteiger partial charge >= 0.3 is 0 Å². The van der Waals surface area contributed by atoms with Crippen LogP contribution in [0.5, 0.6) is 0 Å². The van der Waals surface area contributed by atoms with E-state index >= 15 is 0 Å². The Morgan fingerprint density at radius 1 is 1.20 bits per heavy atom. The van der Waals surface area contributed by atoms with Gasteiger partial charge in [-0.1, -0.05) is 25.7 Å². The molecular formula is C14H25N3O3. The van der Waals surface area contributed by atoms with Crippen molar-refractivity contribution in [3.8, 4) is 0 Å². The van der Waals surface area contributed by atoms with E-state index in [1.807, 2.05) is 0 Å². The number of amides is 2. The number of hydrogen-bond donors (Lipinski definition) is 3. The highest BCUT2D eigenvalue weighted by Gasteiger charge is 2.28.